The Labute approximate surface area is 79.4 Å². The van der Waals surface area contributed by atoms with Crippen LogP contribution in [-0.2, 0) is 0 Å². The minimum atomic E-state index is -0.785. The van der Waals surface area contributed by atoms with Gasteiger partial charge in [0.15, 0.2) is 0 Å². The molecular weight excluding hydrogens is 184 g/mol. The molecule has 0 unspecified atom stereocenters. The van der Waals surface area contributed by atoms with E-state index in [1.165, 1.54) is 5.56 Å². The molecule has 0 atom stereocenters. The maximum atomic E-state index is 5.91. The predicted octanol–water partition coefficient (Wildman–Crippen LogP) is 2.92. The maximum Gasteiger partial charge on any atom is 0.122 e. The van der Waals surface area contributed by atoms with E-state index in [9.17, 15) is 0 Å². The van der Waals surface area contributed by atoms with Crippen molar-refractivity contribution in [3.8, 4) is 0 Å². The van der Waals surface area contributed by atoms with Crippen molar-refractivity contribution in [1.29, 1.82) is 0 Å². The second-order valence-electron chi connectivity index (χ2n) is 2.60. The van der Waals surface area contributed by atoms with Gasteiger partial charge in [0.2, 0.25) is 0 Å². The average molecular weight is 195 g/mol. The largest absolute Gasteiger partial charge is 0.139 e. The summed E-state index contributed by atoms with van der Waals surface area (Å²) < 4.78 is 0. The van der Waals surface area contributed by atoms with Gasteiger partial charge in [0.25, 0.3) is 0 Å². The topological polar surface area (TPSA) is 0 Å². The molecule has 0 aliphatic carbocycles. The van der Waals surface area contributed by atoms with Crippen molar-refractivity contribution in [2.75, 3.05) is 0 Å². The molecule has 0 saturated carbocycles. The van der Waals surface area contributed by atoms with Crippen molar-refractivity contribution in [3.63, 3.8) is 0 Å². The second-order valence-corrected chi connectivity index (χ2v) is 5.85. The summed E-state index contributed by atoms with van der Waals surface area (Å²) in [5.41, 5.74) is 4.46. The molecule has 1 rings (SSSR count). The Kier molecular flexibility index (Phi) is 3.44. The first-order chi connectivity index (χ1) is 5.72. The molecule has 0 aliphatic rings. The normalized spacial score (nSPS) is 11.3. The first-order valence-electron chi connectivity index (χ1n) is 3.78. The Morgan fingerprint density at radius 1 is 1.25 bits per heavy atom. The molecule has 0 aromatic heterocycles. The van der Waals surface area contributed by atoms with E-state index in [2.05, 4.69) is 24.4 Å². The van der Waals surface area contributed by atoms with Crippen molar-refractivity contribution < 1.29 is 0 Å². The fourth-order valence-electron chi connectivity index (χ4n) is 0.958. The van der Waals surface area contributed by atoms with E-state index < -0.39 is 7.72 Å². The molecule has 1 aromatic rings. The van der Waals surface area contributed by atoms with Crippen molar-refractivity contribution in [2.45, 2.75) is 6.55 Å². The summed E-state index contributed by atoms with van der Waals surface area (Å²) in [7, 11) is -0.785. The van der Waals surface area contributed by atoms with Crippen LogP contribution in [0.3, 0.4) is 0 Å². The van der Waals surface area contributed by atoms with Crippen molar-refractivity contribution in [2.24, 2.45) is 0 Å². The van der Waals surface area contributed by atoms with Crippen LogP contribution in [0.5, 0.6) is 0 Å². The Bertz CT molecular complexity index is 294. The lowest BCUT2D eigenvalue weighted by Gasteiger charge is -1.94. The van der Waals surface area contributed by atoms with Gasteiger partial charge in [-0.05, 0) is 17.7 Å². The minimum absolute atomic E-state index is 0.785. The number of benzene rings is 1. The van der Waals surface area contributed by atoms with E-state index in [1.54, 1.807) is 0 Å². The summed E-state index contributed by atoms with van der Waals surface area (Å²) in [6.45, 7) is 5.74. The Morgan fingerprint density at radius 3 is 2.17 bits per heavy atom. The highest BCUT2D eigenvalue weighted by molar-refractivity contribution is 7.08. The van der Waals surface area contributed by atoms with E-state index in [4.69, 9.17) is 11.1 Å². The van der Waals surface area contributed by atoms with Crippen molar-refractivity contribution in [3.05, 3.63) is 42.0 Å². The van der Waals surface area contributed by atoms with Crippen molar-refractivity contribution in [1.82, 2.24) is 0 Å². The monoisotopic (exact) mass is 194 g/mol. The zero-order chi connectivity index (χ0) is 8.97. The van der Waals surface area contributed by atoms with Gasteiger partial charge in [0.1, 0.15) is 7.72 Å². The van der Waals surface area contributed by atoms with Crippen LogP contribution < -0.4 is 0 Å². The molecule has 0 nitrogen and oxygen atoms in total. The summed E-state index contributed by atoms with van der Waals surface area (Å²) in [5, 5.41) is 0. The Morgan fingerprint density at radius 2 is 1.75 bits per heavy atom. The highest BCUT2D eigenvalue weighted by Crippen LogP contribution is 2.03. The van der Waals surface area contributed by atoms with E-state index >= 15 is 0 Å². The SMILES string of the molecule is C=Cc1ccc(C=[Si](C)Cl)cc1. The number of hydrogen-bond donors (Lipinski definition) is 0. The smallest absolute Gasteiger partial charge is 0.122 e. The third kappa shape index (κ3) is 2.76. The van der Waals surface area contributed by atoms with Crippen LogP contribution in [0.4, 0.5) is 0 Å². The quantitative estimate of drug-likeness (QED) is 0.502. The first-order valence-corrected chi connectivity index (χ1v) is 6.87. The summed E-state index contributed by atoms with van der Waals surface area (Å²) >= 11 is 5.91. The van der Waals surface area contributed by atoms with Crippen LogP contribution in [0.25, 0.3) is 6.08 Å². The molecule has 62 valence electrons. The molecule has 0 N–H and O–H groups in total. The molecule has 0 amide bonds. The maximum absolute atomic E-state index is 5.91. The minimum Gasteiger partial charge on any atom is -0.139 e. The second kappa shape index (κ2) is 4.38. The third-order valence-corrected chi connectivity index (χ3v) is 2.60. The van der Waals surface area contributed by atoms with Crippen LogP contribution in [0.1, 0.15) is 11.1 Å². The van der Waals surface area contributed by atoms with E-state index in [1.807, 2.05) is 24.8 Å². The van der Waals surface area contributed by atoms with Crippen LogP contribution in [-0.4, -0.2) is 13.4 Å². The third-order valence-electron chi connectivity index (χ3n) is 1.54. The predicted molar refractivity (Wildman–Crippen MR) is 59.2 cm³/mol. The van der Waals surface area contributed by atoms with Crippen LogP contribution in [0.15, 0.2) is 30.8 Å². The molecule has 0 radical (unpaired) electrons. The van der Waals surface area contributed by atoms with Gasteiger partial charge >= 0.3 is 0 Å². The van der Waals surface area contributed by atoms with Gasteiger partial charge in [-0.3, -0.25) is 0 Å². The molecule has 0 spiro atoms. The first kappa shape index (κ1) is 9.43. The van der Waals surface area contributed by atoms with Gasteiger partial charge in [0.05, 0.1) is 0 Å². The summed E-state index contributed by atoms with van der Waals surface area (Å²) in [5.74, 6) is 0. The van der Waals surface area contributed by atoms with E-state index in [0.29, 0.717) is 0 Å². The van der Waals surface area contributed by atoms with Crippen LogP contribution in [0.2, 0.25) is 6.55 Å². The van der Waals surface area contributed by atoms with Gasteiger partial charge < -0.3 is 0 Å². The number of hydrogen-bond acceptors (Lipinski definition) is 0. The van der Waals surface area contributed by atoms with E-state index in [-0.39, 0.29) is 0 Å². The Hall–Kier alpha value is -0.663. The molecule has 1 aromatic carbocycles. The van der Waals surface area contributed by atoms with Gasteiger partial charge in [-0.2, -0.15) is 0 Å². The highest BCUT2D eigenvalue weighted by atomic mass is 35.6. The van der Waals surface area contributed by atoms with Crippen LogP contribution in [0, 0.1) is 0 Å². The zero-order valence-electron chi connectivity index (χ0n) is 7.05. The summed E-state index contributed by atoms with van der Waals surface area (Å²) in [6, 6.07) is 8.21. The molecule has 0 fully saturated rings. The number of halogens is 1. The van der Waals surface area contributed by atoms with Crippen molar-refractivity contribution >= 4 is 30.5 Å². The average Bonchev–Trinajstić information content (AvgIpc) is 2.05. The van der Waals surface area contributed by atoms with Gasteiger partial charge in [-0.25, -0.2) is 0 Å². The van der Waals surface area contributed by atoms with E-state index in [0.717, 1.165) is 5.56 Å². The van der Waals surface area contributed by atoms with Crippen LogP contribution >= 0.6 is 11.1 Å². The van der Waals surface area contributed by atoms with Gasteiger partial charge in [-0.15, -0.1) is 11.1 Å². The standard InChI is InChI=1S/C10H11ClSi/c1-3-9-4-6-10(7-5-9)8-12(2)11/h3-8H,1H2,2H3. The van der Waals surface area contributed by atoms with Gasteiger partial charge in [-0.1, -0.05) is 42.6 Å². The molecule has 0 bridgehead atoms. The molecule has 0 saturated heterocycles. The molecule has 12 heavy (non-hydrogen) atoms. The molecule has 0 heterocycles. The lowest BCUT2D eigenvalue weighted by atomic mass is 10.1. The van der Waals surface area contributed by atoms with Gasteiger partial charge in [0, 0.05) is 0 Å². The molecule has 2 heteroatoms. The number of rotatable bonds is 2. The molecule has 0 aliphatic heterocycles. The zero-order valence-corrected chi connectivity index (χ0v) is 8.81. The summed E-state index contributed by atoms with van der Waals surface area (Å²) in [6.07, 6.45) is 1.84. The highest BCUT2D eigenvalue weighted by Gasteiger charge is 1.88. The fraction of sp³-hybridized carbons (Fsp3) is 0.100. The fourth-order valence-corrected chi connectivity index (χ4v) is 1.99. The Balaban J connectivity index is 2.92. The summed E-state index contributed by atoms with van der Waals surface area (Å²) in [4.78, 5) is 0. The lowest BCUT2D eigenvalue weighted by Crippen LogP contribution is -1.90. The lowest BCUT2D eigenvalue weighted by molar-refractivity contribution is 1.64. The molecular formula is C10H11ClSi.